The summed E-state index contributed by atoms with van der Waals surface area (Å²) in [6.07, 6.45) is -1.01. The number of halogens is 1. The second-order valence-electron chi connectivity index (χ2n) is 7.65. The lowest BCUT2D eigenvalue weighted by molar-refractivity contribution is -0.119. The summed E-state index contributed by atoms with van der Waals surface area (Å²) in [4.78, 5) is 24.6. The van der Waals surface area contributed by atoms with Gasteiger partial charge in [-0.3, -0.25) is 9.69 Å². The number of nitrogens with one attached hydrogen (secondary N) is 2. The van der Waals surface area contributed by atoms with Gasteiger partial charge < -0.3 is 15.4 Å². The number of cyclic esters (lactones) is 1. The first-order valence-corrected chi connectivity index (χ1v) is 11.3. The Morgan fingerprint density at radius 2 is 1.94 bits per heavy atom. The lowest BCUT2D eigenvalue weighted by Gasteiger charge is -2.15. The second-order valence-corrected chi connectivity index (χ2v) is 8.43. The number of thiophene rings is 1. The summed E-state index contributed by atoms with van der Waals surface area (Å²) in [6, 6.07) is 14.6. The normalized spacial score (nSPS) is 15.6. The quantitative estimate of drug-likeness (QED) is 0.533. The van der Waals surface area contributed by atoms with Crippen LogP contribution in [0.2, 0.25) is 0 Å². The molecule has 0 saturated carbocycles. The van der Waals surface area contributed by atoms with Gasteiger partial charge in [0.25, 0.3) is 0 Å². The molecule has 2 N–H and O–H groups in total. The van der Waals surface area contributed by atoms with Crippen LogP contribution in [0, 0.1) is 5.82 Å². The van der Waals surface area contributed by atoms with Crippen molar-refractivity contribution in [3.8, 4) is 11.1 Å². The van der Waals surface area contributed by atoms with Gasteiger partial charge in [-0.2, -0.15) is 11.3 Å². The third-order valence-corrected chi connectivity index (χ3v) is 5.95. The van der Waals surface area contributed by atoms with Crippen molar-refractivity contribution < 1.29 is 18.7 Å². The van der Waals surface area contributed by atoms with Crippen LogP contribution in [0.25, 0.3) is 11.1 Å². The maximum Gasteiger partial charge on any atom is 0.414 e. The molecule has 2 amide bonds. The molecule has 1 aromatic heterocycles. The van der Waals surface area contributed by atoms with Crippen LogP contribution in [0.15, 0.2) is 59.3 Å². The number of carbonyl (C=O) groups excluding carboxylic acids is 2. The fourth-order valence-corrected chi connectivity index (χ4v) is 4.22. The minimum Gasteiger partial charge on any atom is -0.442 e. The van der Waals surface area contributed by atoms with Crippen LogP contribution in [-0.2, 0) is 22.6 Å². The first kappa shape index (κ1) is 22.0. The Hall–Kier alpha value is -3.23. The molecular weight excluding hydrogens is 429 g/mol. The standard InChI is InChI=1S/C24H24FN3O3S/c1-16(29)27-13-21-14-28(24(30)31-21)20-6-7-22(23(25)10-20)19-4-2-17(3-5-19)11-26-12-18-8-9-32-15-18/h2-10,15,21,26H,11-14H2,1H3,(H,27,29)/t21-/m0/s1. The molecule has 1 saturated heterocycles. The van der Waals surface area contributed by atoms with E-state index in [1.165, 1.54) is 23.5 Å². The number of amides is 2. The van der Waals surface area contributed by atoms with Crippen LogP contribution >= 0.6 is 11.3 Å². The number of carbonyl (C=O) groups is 2. The Balaban J connectivity index is 1.38. The number of hydrogen-bond acceptors (Lipinski definition) is 5. The van der Waals surface area contributed by atoms with Crippen molar-refractivity contribution >= 4 is 29.0 Å². The predicted octanol–water partition coefficient (Wildman–Crippen LogP) is 4.31. The van der Waals surface area contributed by atoms with Gasteiger partial charge >= 0.3 is 6.09 Å². The van der Waals surface area contributed by atoms with Crippen LogP contribution in [0.1, 0.15) is 18.1 Å². The van der Waals surface area contributed by atoms with E-state index in [1.807, 2.05) is 24.3 Å². The Morgan fingerprint density at radius 3 is 2.62 bits per heavy atom. The smallest absolute Gasteiger partial charge is 0.414 e. The van der Waals surface area contributed by atoms with Gasteiger partial charge in [0.2, 0.25) is 5.91 Å². The van der Waals surface area contributed by atoms with Crippen LogP contribution in [0.5, 0.6) is 0 Å². The Bertz CT molecular complexity index is 1090. The molecule has 0 aliphatic carbocycles. The summed E-state index contributed by atoms with van der Waals surface area (Å²) in [7, 11) is 0. The average molecular weight is 454 g/mol. The summed E-state index contributed by atoms with van der Waals surface area (Å²) in [5.74, 6) is -0.608. The molecule has 2 heterocycles. The first-order valence-electron chi connectivity index (χ1n) is 10.3. The molecule has 8 heteroatoms. The zero-order valence-corrected chi connectivity index (χ0v) is 18.5. The highest BCUT2D eigenvalue weighted by Crippen LogP contribution is 2.29. The molecule has 2 aromatic carbocycles. The maximum absolute atomic E-state index is 14.9. The van der Waals surface area contributed by atoms with Crippen molar-refractivity contribution in [2.75, 3.05) is 18.0 Å². The van der Waals surface area contributed by atoms with Crippen molar-refractivity contribution in [3.63, 3.8) is 0 Å². The molecule has 32 heavy (non-hydrogen) atoms. The van der Waals surface area contributed by atoms with Crippen LogP contribution in [-0.4, -0.2) is 31.2 Å². The third kappa shape index (κ3) is 5.33. The van der Waals surface area contributed by atoms with Gasteiger partial charge in [-0.05, 0) is 51.7 Å². The van der Waals surface area contributed by atoms with Gasteiger partial charge in [0, 0.05) is 25.6 Å². The number of hydrogen-bond donors (Lipinski definition) is 2. The number of benzene rings is 2. The van der Waals surface area contributed by atoms with Gasteiger partial charge in [0.1, 0.15) is 11.9 Å². The van der Waals surface area contributed by atoms with E-state index < -0.39 is 18.0 Å². The lowest BCUT2D eigenvalue weighted by Crippen LogP contribution is -2.33. The van der Waals surface area contributed by atoms with Crippen molar-refractivity contribution in [1.29, 1.82) is 0 Å². The molecule has 1 fully saturated rings. The Labute approximate surface area is 190 Å². The Kier molecular flexibility index (Phi) is 6.82. The molecule has 6 nitrogen and oxygen atoms in total. The number of nitrogens with zero attached hydrogens (tertiary/aromatic N) is 1. The molecule has 0 radical (unpaired) electrons. The molecule has 4 rings (SSSR count). The number of ether oxygens (including phenoxy) is 1. The van der Waals surface area contributed by atoms with Gasteiger partial charge in [-0.25, -0.2) is 9.18 Å². The maximum atomic E-state index is 14.9. The van der Waals surface area contributed by atoms with E-state index in [4.69, 9.17) is 4.74 Å². The molecule has 3 aromatic rings. The van der Waals surface area contributed by atoms with E-state index in [0.717, 1.165) is 24.2 Å². The van der Waals surface area contributed by atoms with Gasteiger partial charge in [-0.1, -0.05) is 24.3 Å². The summed E-state index contributed by atoms with van der Waals surface area (Å²) < 4.78 is 20.1. The minimum atomic E-state index is -0.549. The van der Waals surface area contributed by atoms with Gasteiger partial charge in [0.05, 0.1) is 18.8 Å². The van der Waals surface area contributed by atoms with E-state index in [0.29, 0.717) is 11.3 Å². The summed E-state index contributed by atoms with van der Waals surface area (Å²) >= 11 is 1.68. The summed E-state index contributed by atoms with van der Waals surface area (Å²) in [5, 5.41) is 10.2. The third-order valence-electron chi connectivity index (χ3n) is 5.22. The SMILES string of the molecule is CC(=O)NC[C@H]1CN(c2ccc(-c3ccc(CNCc4ccsc4)cc3)c(F)c2)C(=O)O1. The summed E-state index contributed by atoms with van der Waals surface area (Å²) in [6.45, 7) is 3.43. The van der Waals surface area contributed by atoms with E-state index >= 15 is 0 Å². The topological polar surface area (TPSA) is 70.7 Å². The van der Waals surface area contributed by atoms with Crippen molar-refractivity contribution in [2.24, 2.45) is 0 Å². The molecule has 0 bridgehead atoms. The molecular formula is C24H24FN3O3S. The summed E-state index contributed by atoms with van der Waals surface area (Å²) in [5.41, 5.74) is 4.04. The fourth-order valence-electron chi connectivity index (χ4n) is 3.55. The van der Waals surface area contributed by atoms with E-state index in [-0.39, 0.29) is 19.0 Å². The van der Waals surface area contributed by atoms with Crippen molar-refractivity contribution in [2.45, 2.75) is 26.1 Å². The predicted molar refractivity (Wildman–Crippen MR) is 123 cm³/mol. The highest BCUT2D eigenvalue weighted by Gasteiger charge is 2.32. The Morgan fingerprint density at radius 1 is 1.16 bits per heavy atom. The van der Waals surface area contributed by atoms with E-state index in [2.05, 4.69) is 27.5 Å². The zero-order chi connectivity index (χ0) is 22.5. The minimum absolute atomic E-state index is 0.195. The number of anilines is 1. The molecule has 1 atom stereocenters. The van der Waals surface area contributed by atoms with Crippen LogP contribution < -0.4 is 15.5 Å². The molecule has 1 aliphatic rings. The van der Waals surface area contributed by atoms with Crippen molar-refractivity contribution in [1.82, 2.24) is 10.6 Å². The molecule has 0 spiro atoms. The van der Waals surface area contributed by atoms with Crippen molar-refractivity contribution in [3.05, 3.63) is 76.2 Å². The monoisotopic (exact) mass is 453 g/mol. The van der Waals surface area contributed by atoms with Crippen LogP contribution in [0.4, 0.5) is 14.9 Å². The largest absolute Gasteiger partial charge is 0.442 e. The highest BCUT2D eigenvalue weighted by molar-refractivity contribution is 7.07. The fraction of sp³-hybridized carbons (Fsp3) is 0.250. The molecule has 0 unspecified atom stereocenters. The van der Waals surface area contributed by atoms with Gasteiger partial charge in [-0.15, -0.1) is 0 Å². The lowest BCUT2D eigenvalue weighted by atomic mass is 10.0. The second kappa shape index (κ2) is 9.93. The highest BCUT2D eigenvalue weighted by atomic mass is 32.1. The van der Waals surface area contributed by atoms with E-state index in [9.17, 15) is 14.0 Å². The first-order chi connectivity index (χ1) is 15.5. The van der Waals surface area contributed by atoms with E-state index in [1.54, 1.807) is 23.5 Å². The van der Waals surface area contributed by atoms with Crippen LogP contribution in [0.3, 0.4) is 0 Å². The zero-order valence-electron chi connectivity index (χ0n) is 17.6. The number of rotatable bonds is 8. The van der Waals surface area contributed by atoms with Gasteiger partial charge in [0.15, 0.2) is 0 Å². The molecule has 1 aliphatic heterocycles. The molecule has 166 valence electrons. The average Bonchev–Trinajstić information content (AvgIpc) is 3.42.